The van der Waals surface area contributed by atoms with Crippen LogP contribution in [0.4, 0.5) is 0 Å². The number of hydrogen-bond donors (Lipinski definition) is 1. The second kappa shape index (κ2) is 7.22. The molecule has 114 valence electrons. The van der Waals surface area contributed by atoms with Gasteiger partial charge in [0.25, 0.3) is 0 Å². The van der Waals surface area contributed by atoms with E-state index in [2.05, 4.69) is 28.4 Å². The maximum absolute atomic E-state index is 11.2. The highest BCUT2D eigenvalue weighted by Crippen LogP contribution is 2.25. The average Bonchev–Trinajstić information content (AvgIpc) is 2.83. The molecule has 1 aromatic rings. The molecule has 2 N–H and O–H groups in total. The van der Waals surface area contributed by atoms with Crippen LogP contribution in [0, 0.1) is 5.92 Å². The molecule has 0 aromatic carbocycles. The SMILES string of the molecule is CCCc1nc2c(n1CCN)C=CC(/C=C/C(=O)OC)C2. The summed E-state index contributed by atoms with van der Waals surface area (Å²) in [6.45, 7) is 3.56. The molecule has 1 aliphatic carbocycles. The van der Waals surface area contributed by atoms with E-state index in [0.717, 1.165) is 43.0 Å². The van der Waals surface area contributed by atoms with Crippen molar-refractivity contribution in [3.8, 4) is 0 Å². The van der Waals surface area contributed by atoms with E-state index in [1.807, 2.05) is 6.08 Å². The molecule has 0 saturated heterocycles. The number of nitrogens with two attached hydrogens (primary N) is 1. The second-order valence-electron chi connectivity index (χ2n) is 5.16. The largest absolute Gasteiger partial charge is 0.466 e. The lowest BCUT2D eigenvalue weighted by Gasteiger charge is -2.14. The van der Waals surface area contributed by atoms with E-state index in [4.69, 9.17) is 10.7 Å². The van der Waals surface area contributed by atoms with Gasteiger partial charge in [0.1, 0.15) is 5.82 Å². The number of imidazole rings is 1. The first-order valence-electron chi connectivity index (χ1n) is 7.42. The number of hydrogen-bond acceptors (Lipinski definition) is 4. The van der Waals surface area contributed by atoms with Crippen molar-refractivity contribution in [2.24, 2.45) is 11.7 Å². The Morgan fingerprint density at radius 2 is 2.43 bits per heavy atom. The molecule has 0 spiro atoms. The Labute approximate surface area is 125 Å². The van der Waals surface area contributed by atoms with Crippen molar-refractivity contribution < 1.29 is 9.53 Å². The van der Waals surface area contributed by atoms with Gasteiger partial charge < -0.3 is 15.0 Å². The van der Waals surface area contributed by atoms with E-state index in [-0.39, 0.29) is 11.9 Å². The number of aromatic nitrogens is 2. The molecular weight excluding hydrogens is 266 g/mol. The van der Waals surface area contributed by atoms with Crippen LogP contribution < -0.4 is 5.73 Å². The minimum absolute atomic E-state index is 0.187. The third kappa shape index (κ3) is 3.61. The normalized spacial score (nSPS) is 17.2. The molecule has 0 fully saturated rings. The van der Waals surface area contributed by atoms with Crippen molar-refractivity contribution in [3.05, 3.63) is 35.4 Å². The van der Waals surface area contributed by atoms with E-state index in [1.165, 1.54) is 13.2 Å². The molecule has 1 unspecified atom stereocenters. The summed E-state index contributed by atoms with van der Waals surface area (Å²) in [5, 5.41) is 0. The highest BCUT2D eigenvalue weighted by molar-refractivity contribution is 5.81. The summed E-state index contributed by atoms with van der Waals surface area (Å²) < 4.78 is 6.83. The lowest BCUT2D eigenvalue weighted by Crippen LogP contribution is -2.15. The minimum Gasteiger partial charge on any atom is -0.466 e. The topological polar surface area (TPSA) is 70.1 Å². The van der Waals surface area contributed by atoms with Gasteiger partial charge >= 0.3 is 5.97 Å². The highest BCUT2D eigenvalue weighted by Gasteiger charge is 2.20. The zero-order valence-electron chi connectivity index (χ0n) is 12.7. The van der Waals surface area contributed by atoms with Gasteiger partial charge in [0, 0.05) is 37.9 Å². The van der Waals surface area contributed by atoms with Gasteiger partial charge in [-0.3, -0.25) is 0 Å². The predicted octanol–water partition coefficient (Wildman–Crippen LogP) is 1.71. The van der Waals surface area contributed by atoms with E-state index in [1.54, 1.807) is 0 Å². The predicted molar refractivity (Wildman–Crippen MR) is 82.7 cm³/mol. The zero-order chi connectivity index (χ0) is 15.2. The molecule has 0 saturated carbocycles. The molecular formula is C16H23N3O2. The van der Waals surface area contributed by atoms with Crippen LogP contribution in [0.25, 0.3) is 6.08 Å². The van der Waals surface area contributed by atoms with Crippen LogP contribution in [0.3, 0.4) is 0 Å². The van der Waals surface area contributed by atoms with Gasteiger partial charge in [-0.25, -0.2) is 9.78 Å². The fourth-order valence-electron chi connectivity index (χ4n) is 2.61. The van der Waals surface area contributed by atoms with Crippen LogP contribution in [0.5, 0.6) is 0 Å². The first-order valence-corrected chi connectivity index (χ1v) is 7.42. The number of allylic oxidation sites excluding steroid dienone is 2. The first kappa shape index (κ1) is 15.5. The molecule has 2 rings (SSSR count). The summed E-state index contributed by atoms with van der Waals surface area (Å²) in [4.78, 5) is 15.9. The third-order valence-electron chi connectivity index (χ3n) is 3.60. The molecule has 1 atom stereocenters. The molecule has 1 heterocycles. The van der Waals surface area contributed by atoms with Gasteiger partial charge in [-0.05, 0) is 12.5 Å². The van der Waals surface area contributed by atoms with Gasteiger partial charge in [-0.1, -0.05) is 19.1 Å². The number of nitrogens with zero attached hydrogens (tertiary/aromatic N) is 2. The van der Waals surface area contributed by atoms with Crippen molar-refractivity contribution >= 4 is 12.0 Å². The van der Waals surface area contributed by atoms with Crippen molar-refractivity contribution in [1.29, 1.82) is 0 Å². The average molecular weight is 289 g/mol. The number of aryl methyl sites for hydroxylation is 1. The Morgan fingerprint density at radius 1 is 1.62 bits per heavy atom. The van der Waals surface area contributed by atoms with Crippen LogP contribution in [0.1, 0.15) is 30.6 Å². The molecule has 5 heteroatoms. The van der Waals surface area contributed by atoms with E-state index < -0.39 is 0 Å². The monoisotopic (exact) mass is 289 g/mol. The smallest absolute Gasteiger partial charge is 0.330 e. The number of rotatable bonds is 6. The number of fused-ring (bicyclic) bond motifs is 1. The van der Waals surface area contributed by atoms with Crippen LogP contribution in [-0.4, -0.2) is 29.2 Å². The van der Waals surface area contributed by atoms with E-state index in [9.17, 15) is 4.79 Å². The van der Waals surface area contributed by atoms with Crippen LogP contribution in [0.2, 0.25) is 0 Å². The maximum atomic E-state index is 11.2. The summed E-state index contributed by atoms with van der Waals surface area (Å²) in [5.41, 5.74) is 7.96. The fourth-order valence-corrected chi connectivity index (χ4v) is 2.61. The van der Waals surface area contributed by atoms with Crippen LogP contribution in [-0.2, 0) is 28.9 Å². The Morgan fingerprint density at radius 3 is 3.10 bits per heavy atom. The Hall–Kier alpha value is -1.88. The highest BCUT2D eigenvalue weighted by atomic mass is 16.5. The summed E-state index contributed by atoms with van der Waals surface area (Å²) in [6.07, 6.45) is 10.4. The molecule has 21 heavy (non-hydrogen) atoms. The number of carbonyl (C=O) groups is 1. The standard InChI is InChI=1S/C16H23N3O2/c1-3-4-15-18-13-11-12(6-8-16(20)21-2)5-7-14(13)19(15)10-9-17/h5-8,12H,3-4,9-11,17H2,1-2H3/b8-6+. The quantitative estimate of drug-likeness (QED) is 0.639. The number of ether oxygens (including phenoxy) is 1. The molecule has 1 aliphatic rings. The third-order valence-corrected chi connectivity index (χ3v) is 3.60. The zero-order valence-corrected chi connectivity index (χ0v) is 12.7. The molecule has 0 radical (unpaired) electrons. The maximum Gasteiger partial charge on any atom is 0.330 e. The number of carbonyl (C=O) groups excluding carboxylic acids is 1. The fraction of sp³-hybridized carbons (Fsp3) is 0.500. The van der Waals surface area contributed by atoms with Crippen molar-refractivity contribution in [2.45, 2.75) is 32.7 Å². The Balaban J connectivity index is 2.20. The van der Waals surface area contributed by atoms with Crippen LogP contribution in [0.15, 0.2) is 18.2 Å². The van der Waals surface area contributed by atoms with E-state index >= 15 is 0 Å². The number of esters is 1. The molecule has 5 nitrogen and oxygen atoms in total. The van der Waals surface area contributed by atoms with E-state index in [0.29, 0.717) is 6.54 Å². The van der Waals surface area contributed by atoms with Gasteiger partial charge in [-0.2, -0.15) is 0 Å². The van der Waals surface area contributed by atoms with Crippen molar-refractivity contribution in [1.82, 2.24) is 9.55 Å². The van der Waals surface area contributed by atoms with Gasteiger partial charge in [-0.15, -0.1) is 0 Å². The Bertz CT molecular complexity index is 558. The second-order valence-corrected chi connectivity index (χ2v) is 5.16. The summed E-state index contributed by atoms with van der Waals surface area (Å²) in [5.74, 6) is 0.969. The summed E-state index contributed by atoms with van der Waals surface area (Å²) in [7, 11) is 1.38. The molecule has 1 aromatic heterocycles. The van der Waals surface area contributed by atoms with Crippen molar-refractivity contribution in [2.75, 3.05) is 13.7 Å². The van der Waals surface area contributed by atoms with Crippen LogP contribution >= 0.6 is 0 Å². The van der Waals surface area contributed by atoms with Gasteiger partial charge in [0.05, 0.1) is 18.5 Å². The Kier molecular flexibility index (Phi) is 5.33. The molecule has 0 amide bonds. The van der Waals surface area contributed by atoms with Gasteiger partial charge in [0.2, 0.25) is 0 Å². The number of methoxy groups -OCH3 is 1. The van der Waals surface area contributed by atoms with Gasteiger partial charge in [0.15, 0.2) is 0 Å². The molecule has 0 bridgehead atoms. The summed E-state index contributed by atoms with van der Waals surface area (Å²) >= 11 is 0. The minimum atomic E-state index is -0.325. The lowest BCUT2D eigenvalue weighted by molar-refractivity contribution is -0.134. The first-order chi connectivity index (χ1) is 10.2. The summed E-state index contributed by atoms with van der Waals surface area (Å²) in [6, 6.07) is 0. The molecule has 0 aliphatic heterocycles. The lowest BCUT2D eigenvalue weighted by atomic mass is 9.96. The van der Waals surface area contributed by atoms with Crippen molar-refractivity contribution in [3.63, 3.8) is 0 Å².